The number of hydrogen-bond acceptors (Lipinski definition) is 3. The molecule has 3 aromatic rings. The predicted octanol–water partition coefficient (Wildman–Crippen LogP) is 5.74. The standard InChI is InChI=1S/C24H22ClNO2/c1-15-7-6-10-19-20(15)21(16-11-13-18(25)14-12-16)22(24(27)28-2)23(26-19)17-8-4-3-5-9-17/h3-14,21-23,26H,1-2H3/t21-,22-,23-/m1/s1. The lowest BCUT2D eigenvalue weighted by Gasteiger charge is -2.40. The molecule has 0 saturated heterocycles. The van der Waals surface area contributed by atoms with Crippen LogP contribution in [0.5, 0.6) is 0 Å². The van der Waals surface area contributed by atoms with Gasteiger partial charge in [-0.1, -0.05) is 66.2 Å². The van der Waals surface area contributed by atoms with Crippen LogP contribution < -0.4 is 5.32 Å². The highest BCUT2D eigenvalue weighted by atomic mass is 35.5. The van der Waals surface area contributed by atoms with Crippen LogP contribution in [0.1, 0.15) is 34.2 Å². The molecule has 0 fully saturated rings. The average Bonchev–Trinajstić information content (AvgIpc) is 2.73. The highest BCUT2D eigenvalue weighted by Crippen LogP contribution is 2.49. The van der Waals surface area contributed by atoms with Gasteiger partial charge in [-0.15, -0.1) is 0 Å². The lowest BCUT2D eigenvalue weighted by atomic mass is 9.71. The zero-order valence-electron chi connectivity index (χ0n) is 15.9. The molecule has 0 aromatic heterocycles. The summed E-state index contributed by atoms with van der Waals surface area (Å²) >= 11 is 6.13. The van der Waals surface area contributed by atoms with E-state index in [4.69, 9.17) is 16.3 Å². The van der Waals surface area contributed by atoms with Crippen LogP contribution in [0, 0.1) is 12.8 Å². The molecule has 0 radical (unpaired) electrons. The summed E-state index contributed by atoms with van der Waals surface area (Å²) in [5.74, 6) is -0.759. The number of methoxy groups -OCH3 is 1. The Balaban J connectivity index is 1.95. The third kappa shape index (κ3) is 3.27. The molecule has 3 atom stereocenters. The van der Waals surface area contributed by atoms with E-state index < -0.39 is 5.92 Å². The second kappa shape index (κ2) is 7.69. The Kier molecular flexibility index (Phi) is 5.10. The fourth-order valence-electron chi connectivity index (χ4n) is 4.25. The maximum absolute atomic E-state index is 13.0. The van der Waals surface area contributed by atoms with Gasteiger partial charge in [0.15, 0.2) is 0 Å². The first-order chi connectivity index (χ1) is 13.6. The molecule has 4 heteroatoms. The molecular weight excluding hydrogens is 370 g/mol. The van der Waals surface area contributed by atoms with Crippen molar-refractivity contribution < 1.29 is 9.53 Å². The Morgan fingerprint density at radius 1 is 0.929 bits per heavy atom. The molecule has 1 heterocycles. The Labute approximate surface area is 170 Å². The molecule has 1 aliphatic rings. The summed E-state index contributed by atoms with van der Waals surface area (Å²) in [6.45, 7) is 2.08. The molecule has 0 aliphatic carbocycles. The van der Waals surface area contributed by atoms with Crippen LogP contribution in [0.2, 0.25) is 5.02 Å². The highest BCUT2D eigenvalue weighted by molar-refractivity contribution is 6.30. The van der Waals surface area contributed by atoms with Gasteiger partial charge in [-0.05, 0) is 47.4 Å². The molecule has 142 valence electrons. The largest absolute Gasteiger partial charge is 0.469 e. The van der Waals surface area contributed by atoms with Crippen molar-refractivity contribution in [1.29, 1.82) is 0 Å². The van der Waals surface area contributed by atoms with Gasteiger partial charge < -0.3 is 10.1 Å². The number of ether oxygens (including phenoxy) is 1. The molecule has 3 aromatic carbocycles. The number of aryl methyl sites for hydroxylation is 1. The van der Waals surface area contributed by atoms with Crippen LogP contribution in [0.25, 0.3) is 0 Å². The second-order valence-corrected chi connectivity index (χ2v) is 7.58. The number of benzene rings is 3. The van der Waals surface area contributed by atoms with Crippen molar-refractivity contribution in [3.63, 3.8) is 0 Å². The van der Waals surface area contributed by atoms with E-state index >= 15 is 0 Å². The van der Waals surface area contributed by atoms with Crippen molar-refractivity contribution in [3.05, 3.63) is 100 Å². The molecule has 1 aliphatic heterocycles. The van der Waals surface area contributed by atoms with E-state index in [-0.39, 0.29) is 17.9 Å². The van der Waals surface area contributed by atoms with E-state index in [2.05, 4.69) is 24.4 Å². The summed E-state index contributed by atoms with van der Waals surface area (Å²) in [7, 11) is 1.46. The third-order valence-corrected chi connectivity index (χ3v) is 5.78. The smallest absolute Gasteiger partial charge is 0.312 e. The summed E-state index contributed by atoms with van der Waals surface area (Å²) in [5, 5.41) is 4.28. The minimum atomic E-state index is -0.401. The second-order valence-electron chi connectivity index (χ2n) is 7.15. The minimum absolute atomic E-state index is 0.132. The van der Waals surface area contributed by atoms with Crippen LogP contribution in [0.4, 0.5) is 5.69 Å². The van der Waals surface area contributed by atoms with E-state index in [0.29, 0.717) is 5.02 Å². The topological polar surface area (TPSA) is 38.3 Å². The number of carbonyl (C=O) groups is 1. The molecule has 4 rings (SSSR count). The van der Waals surface area contributed by atoms with E-state index in [1.54, 1.807) is 0 Å². The van der Waals surface area contributed by atoms with Gasteiger partial charge >= 0.3 is 5.97 Å². The summed E-state index contributed by atoms with van der Waals surface area (Å²) in [6, 6.07) is 23.8. The summed E-state index contributed by atoms with van der Waals surface area (Å²) < 4.78 is 5.27. The molecule has 0 amide bonds. The summed E-state index contributed by atoms with van der Waals surface area (Å²) in [6.07, 6.45) is 0. The van der Waals surface area contributed by atoms with E-state index in [0.717, 1.165) is 27.9 Å². The Morgan fingerprint density at radius 3 is 2.32 bits per heavy atom. The van der Waals surface area contributed by atoms with Crippen LogP contribution >= 0.6 is 11.6 Å². The van der Waals surface area contributed by atoms with Crippen molar-refractivity contribution in [2.45, 2.75) is 18.9 Å². The number of nitrogens with one attached hydrogen (secondary N) is 1. The number of hydrogen-bond donors (Lipinski definition) is 1. The van der Waals surface area contributed by atoms with Crippen molar-refractivity contribution in [2.24, 2.45) is 5.92 Å². The van der Waals surface area contributed by atoms with Crippen LogP contribution in [-0.2, 0) is 9.53 Å². The van der Waals surface area contributed by atoms with Crippen LogP contribution in [0.3, 0.4) is 0 Å². The number of anilines is 1. The molecule has 1 N–H and O–H groups in total. The van der Waals surface area contributed by atoms with Gasteiger partial charge in [-0.3, -0.25) is 4.79 Å². The fourth-order valence-corrected chi connectivity index (χ4v) is 4.38. The first-order valence-corrected chi connectivity index (χ1v) is 9.72. The lowest BCUT2D eigenvalue weighted by molar-refractivity contribution is -0.146. The van der Waals surface area contributed by atoms with Crippen molar-refractivity contribution >= 4 is 23.3 Å². The van der Waals surface area contributed by atoms with Gasteiger partial charge in [-0.2, -0.15) is 0 Å². The number of rotatable bonds is 3. The number of esters is 1. The lowest BCUT2D eigenvalue weighted by Crippen LogP contribution is -2.38. The molecule has 0 spiro atoms. The molecular formula is C24H22ClNO2. The zero-order chi connectivity index (χ0) is 19.7. The molecule has 28 heavy (non-hydrogen) atoms. The first kappa shape index (κ1) is 18.6. The van der Waals surface area contributed by atoms with Crippen molar-refractivity contribution in [1.82, 2.24) is 0 Å². The van der Waals surface area contributed by atoms with Crippen molar-refractivity contribution in [3.8, 4) is 0 Å². The molecule has 0 saturated carbocycles. The normalized spacial score (nSPS) is 20.8. The average molecular weight is 392 g/mol. The third-order valence-electron chi connectivity index (χ3n) is 5.53. The van der Waals surface area contributed by atoms with Crippen LogP contribution in [0.15, 0.2) is 72.8 Å². The SMILES string of the molecule is COC(=O)[C@@H]1[C@H](c2ccc(Cl)cc2)c2c(C)cccc2N[C@@H]1c1ccccc1. The number of carbonyl (C=O) groups excluding carboxylic acids is 1. The van der Waals surface area contributed by atoms with Gasteiger partial charge in [0.05, 0.1) is 19.1 Å². The Hall–Kier alpha value is -2.78. The molecule has 0 bridgehead atoms. The van der Waals surface area contributed by atoms with Gasteiger partial charge in [-0.25, -0.2) is 0 Å². The minimum Gasteiger partial charge on any atom is -0.469 e. The monoisotopic (exact) mass is 391 g/mol. The maximum atomic E-state index is 13.0. The quantitative estimate of drug-likeness (QED) is 0.579. The van der Waals surface area contributed by atoms with Gasteiger partial charge in [0.25, 0.3) is 0 Å². The van der Waals surface area contributed by atoms with Gasteiger partial charge in [0, 0.05) is 16.6 Å². The van der Waals surface area contributed by atoms with E-state index in [9.17, 15) is 4.79 Å². The highest BCUT2D eigenvalue weighted by Gasteiger charge is 2.44. The van der Waals surface area contributed by atoms with E-state index in [1.807, 2.05) is 60.7 Å². The van der Waals surface area contributed by atoms with Gasteiger partial charge in [0.1, 0.15) is 0 Å². The first-order valence-electron chi connectivity index (χ1n) is 9.34. The number of halogens is 1. The van der Waals surface area contributed by atoms with E-state index in [1.165, 1.54) is 7.11 Å². The predicted molar refractivity (Wildman–Crippen MR) is 113 cm³/mol. The van der Waals surface area contributed by atoms with Crippen molar-refractivity contribution in [2.75, 3.05) is 12.4 Å². The summed E-state index contributed by atoms with van der Waals surface area (Å²) in [5.41, 5.74) is 5.44. The molecule has 3 nitrogen and oxygen atoms in total. The summed E-state index contributed by atoms with van der Waals surface area (Å²) in [4.78, 5) is 13.0. The Morgan fingerprint density at radius 2 is 1.64 bits per heavy atom. The maximum Gasteiger partial charge on any atom is 0.312 e. The van der Waals surface area contributed by atoms with Gasteiger partial charge in [0.2, 0.25) is 0 Å². The number of fused-ring (bicyclic) bond motifs is 1. The fraction of sp³-hybridized carbons (Fsp3) is 0.208. The zero-order valence-corrected chi connectivity index (χ0v) is 16.6. The molecule has 0 unspecified atom stereocenters. The Bertz CT molecular complexity index is 985. The van der Waals surface area contributed by atoms with Crippen LogP contribution in [-0.4, -0.2) is 13.1 Å².